The molecular formula is C35H36N4O7. The van der Waals surface area contributed by atoms with Gasteiger partial charge in [-0.05, 0) is 65.6 Å². The van der Waals surface area contributed by atoms with E-state index in [9.17, 15) is 14.7 Å². The number of urea groups is 1. The lowest BCUT2D eigenvalue weighted by Crippen LogP contribution is -2.45. The minimum Gasteiger partial charge on any atom is -0.490 e. The van der Waals surface area contributed by atoms with Crippen LogP contribution in [0.5, 0.6) is 17.2 Å². The van der Waals surface area contributed by atoms with E-state index in [0.29, 0.717) is 41.7 Å². The zero-order valence-electron chi connectivity index (χ0n) is 25.8. The third kappa shape index (κ3) is 7.74. The zero-order valence-corrected chi connectivity index (χ0v) is 25.8. The molecule has 5 rings (SSSR count). The van der Waals surface area contributed by atoms with Gasteiger partial charge in [0.2, 0.25) is 0 Å². The predicted molar refractivity (Wildman–Crippen MR) is 174 cm³/mol. The van der Waals surface area contributed by atoms with Gasteiger partial charge in [0.15, 0.2) is 17.7 Å². The Bertz CT molecular complexity index is 1770. The third-order valence-corrected chi connectivity index (χ3v) is 7.24. The average molecular weight is 625 g/mol. The van der Waals surface area contributed by atoms with Crippen LogP contribution in [0, 0.1) is 0 Å². The number of nitrogens with one attached hydrogen (secondary N) is 3. The molecule has 1 heterocycles. The number of ether oxygens (including phenoxy) is 4. The monoisotopic (exact) mass is 624 g/mol. The number of hydrazone groups is 1. The molecule has 2 amide bonds. The molecule has 0 fully saturated rings. The molecule has 0 radical (unpaired) electrons. The number of esters is 1. The second kappa shape index (κ2) is 15.0. The van der Waals surface area contributed by atoms with Crippen molar-refractivity contribution in [2.24, 2.45) is 5.10 Å². The van der Waals surface area contributed by atoms with Crippen LogP contribution in [-0.2, 0) is 16.1 Å². The fraction of sp³-hybridized carbons (Fsp3) is 0.229. The number of rotatable bonds is 13. The molecule has 1 aliphatic heterocycles. The van der Waals surface area contributed by atoms with Crippen LogP contribution in [0.2, 0.25) is 0 Å². The Balaban J connectivity index is 1.18. The smallest absolute Gasteiger partial charge is 0.337 e. The summed E-state index contributed by atoms with van der Waals surface area (Å²) in [6.45, 7) is 4.08. The fourth-order valence-corrected chi connectivity index (χ4v) is 5.08. The van der Waals surface area contributed by atoms with Crippen molar-refractivity contribution in [2.45, 2.75) is 32.7 Å². The van der Waals surface area contributed by atoms with E-state index < -0.39 is 24.3 Å². The van der Waals surface area contributed by atoms with Crippen molar-refractivity contribution in [1.82, 2.24) is 16.1 Å². The van der Waals surface area contributed by atoms with Crippen LogP contribution >= 0.6 is 0 Å². The number of allylic oxidation sites excluding steroid dienone is 1. The molecule has 2 atom stereocenters. The number of benzene rings is 4. The van der Waals surface area contributed by atoms with E-state index in [0.717, 1.165) is 21.9 Å². The lowest BCUT2D eigenvalue weighted by Gasteiger charge is -2.28. The third-order valence-electron chi connectivity index (χ3n) is 7.24. The predicted octanol–water partition coefficient (Wildman–Crippen LogP) is 4.94. The van der Waals surface area contributed by atoms with E-state index in [2.05, 4.69) is 45.4 Å². The van der Waals surface area contributed by atoms with Gasteiger partial charge in [-0.25, -0.2) is 9.59 Å². The van der Waals surface area contributed by atoms with Gasteiger partial charge < -0.3 is 34.7 Å². The van der Waals surface area contributed by atoms with Gasteiger partial charge >= 0.3 is 12.0 Å². The number of carbonyl (C=O) groups is 2. The van der Waals surface area contributed by atoms with Crippen molar-refractivity contribution in [3.05, 3.63) is 113 Å². The number of aliphatic hydroxyl groups is 1. The van der Waals surface area contributed by atoms with E-state index in [1.165, 1.54) is 7.11 Å². The van der Waals surface area contributed by atoms with Gasteiger partial charge in [-0.15, -0.1) is 0 Å². The van der Waals surface area contributed by atoms with Crippen molar-refractivity contribution < 1.29 is 33.6 Å². The van der Waals surface area contributed by atoms with Crippen LogP contribution in [0.1, 0.15) is 36.6 Å². The first kappa shape index (κ1) is 31.9. The van der Waals surface area contributed by atoms with Crippen molar-refractivity contribution in [1.29, 1.82) is 0 Å². The molecule has 0 spiro atoms. The molecule has 0 saturated heterocycles. The first-order valence-corrected chi connectivity index (χ1v) is 14.8. The lowest BCUT2D eigenvalue weighted by molar-refractivity contribution is -0.136. The molecule has 11 heteroatoms. The van der Waals surface area contributed by atoms with E-state index in [1.54, 1.807) is 31.3 Å². The first-order valence-electron chi connectivity index (χ1n) is 14.8. The number of methoxy groups -OCH3 is 1. The number of hydrogen-bond donors (Lipinski definition) is 4. The van der Waals surface area contributed by atoms with Gasteiger partial charge in [-0.1, -0.05) is 60.7 Å². The number of aliphatic hydroxyl groups excluding tert-OH is 1. The highest BCUT2D eigenvalue weighted by Crippen LogP contribution is 2.35. The molecule has 0 saturated carbocycles. The molecular weight excluding hydrogens is 588 g/mol. The average Bonchev–Trinajstić information content (AvgIpc) is 3.06. The minimum atomic E-state index is -1.13. The Morgan fingerprint density at radius 2 is 1.80 bits per heavy atom. The van der Waals surface area contributed by atoms with E-state index in [-0.39, 0.29) is 12.2 Å². The fourth-order valence-electron chi connectivity index (χ4n) is 5.08. The summed E-state index contributed by atoms with van der Waals surface area (Å²) in [4.78, 5) is 24.6. The van der Waals surface area contributed by atoms with E-state index >= 15 is 0 Å². The second-order valence-corrected chi connectivity index (χ2v) is 10.4. The largest absolute Gasteiger partial charge is 0.490 e. The van der Waals surface area contributed by atoms with Gasteiger partial charge in [0.05, 0.1) is 31.5 Å². The summed E-state index contributed by atoms with van der Waals surface area (Å²) in [5, 5.41) is 22.3. The SMILES string of the molecule is CCOc1cc([C@@H]2NC(=O)NC(C)=C2C(=O)OC)ccc1OC[C@H](O)N/N=C/c1cccc(OCc2cccc3ccccc23)c1. The van der Waals surface area contributed by atoms with Gasteiger partial charge in [0.1, 0.15) is 19.0 Å². The summed E-state index contributed by atoms with van der Waals surface area (Å²) >= 11 is 0. The number of hydrogen-bond acceptors (Lipinski definition) is 9. The van der Waals surface area contributed by atoms with E-state index in [1.807, 2.05) is 49.4 Å². The zero-order chi connectivity index (χ0) is 32.5. The molecule has 46 heavy (non-hydrogen) atoms. The van der Waals surface area contributed by atoms with Crippen LogP contribution in [0.15, 0.2) is 101 Å². The molecule has 0 aromatic heterocycles. The van der Waals surface area contributed by atoms with Crippen molar-refractivity contribution >= 4 is 29.0 Å². The summed E-state index contributed by atoms with van der Waals surface area (Å²) in [6.07, 6.45) is 0.451. The first-order chi connectivity index (χ1) is 22.4. The highest BCUT2D eigenvalue weighted by atomic mass is 16.5. The molecule has 0 unspecified atom stereocenters. The Kier molecular flexibility index (Phi) is 10.4. The van der Waals surface area contributed by atoms with Gasteiger partial charge in [0.25, 0.3) is 0 Å². The lowest BCUT2D eigenvalue weighted by atomic mass is 9.95. The maximum atomic E-state index is 12.5. The van der Waals surface area contributed by atoms with Gasteiger partial charge in [0, 0.05) is 5.70 Å². The van der Waals surface area contributed by atoms with Crippen LogP contribution in [-0.4, -0.2) is 49.9 Å². The summed E-state index contributed by atoms with van der Waals surface area (Å²) < 4.78 is 22.6. The van der Waals surface area contributed by atoms with Gasteiger partial charge in [-0.3, -0.25) is 5.43 Å². The molecule has 1 aliphatic rings. The molecule has 0 aliphatic carbocycles. The highest BCUT2D eigenvalue weighted by Gasteiger charge is 2.32. The van der Waals surface area contributed by atoms with Crippen molar-refractivity contribution in [2.75, 3.05) is 20.3 Å². The molecule has 4 N–H and O–H groups in total. The Labute approximate surface area is 266 Å². The van der Waals surface area contributed by atoms with Crippen LogP contribution in [0.25, 0.3) is 10.8 Å². The number of amides is 2. The van der Waals surface area contributed by atoms with Crippen molar-refractivity contribution in [3.63, 3.8) is 0 Å². The minimum absolute atomic E-state index is 0.137. The quantitative estimate of drug-likeness (QED) is 0.0710. The topological polar surface area (TPSA) is 140 Å². The summed E-state index contributed by atoms with van der Waals surface area (Å²) in [6, 6.07) is 25.7. The number of fused-ring (bicyclic) bond motifs is 1. The molecule has 11 nitrogen and oxygen atoms in total. The Morgan fingerprint density at radius 1 is 1.00 bits per heavy atom. The maximum Gasteiger partial charge on any atom is 0.337 e. The summed E-state index contributed by atoms with van der Waals surface area (Å²) in [5.41, 5.74) is 5.80. The number of carbonyl (C=O) groups excluding carboxylic acids is 2. The van der Waals surface area contributed by atoms with Crippen molar-refractivity contribution in [3.8, 4) is 17.2 Å². The van der Waals surface area contributed by atoms with E-state index in [4.69, 9.17) is 18.9 Å². The second-order valence-electron chi connectivity index (χ2n) is 10.4. The molecule has 0 bridgehead atoms. The molecule has 238 valence electrons. The van der Waals surface area contributed by atoms with Crippen LogP contribution in [0.3, 0.4) is 0 Å². The normalized spacial score (nSPS) is 15.2. The maximum absolute atomic E-state index is 12.5. The Hall–Kier alpha value is -5.55. The Morgan fingerprint density at radius 3 is 2.63 bits per heavy atom. The standard InChI is InChI=1S/C35H36N4O7/c1-4-44-30-18-25(33-32(34(41)43-3)22(2)37-35(42)38-33)15-16-29(30)46-21-31(40)39-36-19-23-9-7-13-27(17-23)45-20-26-12-8-11-24-10-5-6-14-28(24)26/h5-19,31,33,39-40H,4,20-21H2,1-3H3,(H2,37,38,42)/b36-19+/t31-,33-/m0/s1. The molecule has 4 aromatic rings. The summed E-state index contributed by atoms with van der Waals surface area (Å²) in [7, 11) is 1.28. The number of nitrogens with zero attached hydrogens (tertiary/aromatic N) is 1. The van der Waals surface area contributed by atoms with Crippen LogP contribution < -0.4 is 30.3 Å². The molecule has 4 aromatic carbocycles. The summed E-state index contributed by atoms with van der Waals surface area (Å²) in [5.74, 6) is 0.877. The van der Waals surface area contributed by atoms with Crippen LogP contribution in [0.4, 0.5) is 4.79 Å². The van der Waals surface area contributed by atoms with Gasteiger partial charge in [-0.2, -0.15) is 5.10 Å². The highest BCUT2D eigenvalue weighted by molar-refractivity contribution is 5.95.